The molecule has 0 saturated heterocycles. The minimum absolute atomic E-state index is 0.435. The van der Waals surface area contributed by atoms with Gasteiger partial charge < -0.3 is 0 Å². The van der Waals surface area contributed by atoms with Crippen molar-refractivity contribution in [3.8, 4) is 6.07 Å². The lowest BCUT2D eigenvalue weighted by molar-refractivity contribution is 0.670. The van der Waals surface area contributed by atoms with Crippen molar-refractivity contribution in [1.29, 1.82) is 5.26 Å². The molecule has 96 valence electrons. The van der Waals surface area contributed by atoms with Gasteiger partial charge in [-0.1, -0.05) is 35.9 Å². The van der Waals surface area contributed by atoms with E-state index < -0.39 is 0 Å². The Hall–Kier alpha value is -1.79. The molecule has 1 aromatic carbocycles. The number of rotatable bonds is 3. The van der Waals surface area contributed by atoms with Gasteiger partial charge in [0.25, 0.3) is 0 Å². The van der Waals surface area contributed by atoms with E-state index in [9.17, 15) is 5.26 Å². The summed E-state index contributed by atoms with van der Waals surface area (Å²) in [6.45, 7) is 2.69. The summed E-state index contributed by atoms with van der Waals surface area (Å²) in [5, 5.41) is 14.2. The lowest BCUT2D eigenvalue weighted by Crippen LogP contribution is -2.03. The fourth-order valence-electron chi connectivity index (χ4n) is 2.26. The summed E-state index contributed by atoms with van der Waals surface area (Å²) in [5.74, 6) is 0.435. The van der Waals surface area contributed by atoms with E-state index in [1.807, 2.05) is 12.1 Å². The molecular weight excluding hydrogens is 258 g/mol. The Morgan fingerprint density at radius 1 is 1.42 bits per heavy atom. The Balaban J connectivity index is 1.98. The molecule has 0 radical (unpaired) electrons. The molecule has 1 aromatic heterocycles. The van der Waals surface area contributed by atoms with Crippen LogP contribution in [0.2, 0.25) is 5.15 Å². The summed E-state index contributed by atoms with van der Waals surface area (Å²) >= 11 is 6.28. The highest BCUT2D eigenvalue weighted by atomic mass is 35.5. The average Bonchev–Trinajstić information content (AvgIpc) is 3.19. The van der Waals surface area contributed by atoms with Crippen molar-refractivity contribution in [1.82, 2.24) is 9.78 Å². The second kappa shape index (κ2) is 4.71. The van der Waals surface area contributed by atoms with Gasteiger partial charge in [-0.05, 0) is 30.9 Å². The molecule has 3 nitrogen and oxygen atoms in total. The van der Waals surface area contributed by atoms with Crippen molar-refractivity contribution in [2.75, 3.05) is 0 Å². The van der Waals surface area contributed by atoms with Crippen molar-refractivity contribution in [2.45, 2.75) is 32.2 Å². The molecule has 1 aliphatic rings. The Kier molecular flexibility index (Phi) is 3.04. The highest BCUT2D eigenvalue weighted by Gasteiger charge is 2.31. The minimum atomic E-state index is 0.435. The molecule has 0 amide bonds. The van der Waals surface area contributed by atoms with Gasteiger partial charge in [-0.25, -0.2) is 4.68 Å². The number of nitriles is 1. The molecule has 0 spiro atoms. The molecule has 1 heterocycles. The zero-order valence-electron chi connectivity index (χ0n) is 10.7. The first-order valence-corrected chi connectivity index (χ1v) is 6.79. The topological polar surface area (TPSA) is 41.6 Å². The zero-order valence-corrected chi connectivity index (χ0v) is 11.5. The number of aryl methyl sites for hydroxylation is 1. The van der Waals surface area contributed by atoms with Gasteiger partial charge in [0.1, 0.15) is 16.8 Å². The Morgan fingerprint density at radius 2 is 2.16 bits per heavy atom. The van der Waals surface area contributed by atoms with Crippen molar-refractivity contribution in [3.63, 3.8) is 0 Å². The van der Waals surface area contributed by atoms with Crippen molar-refractivity contribution in [3.05, 3.63) is 51.8 Å². The second-order valence-corrected chi connectivity index (χ2v) is 5.38. The first kappa shape index (κ1) is 12.3. The summed E-state index contributed by atoms with van der Waals surface area (Å²) in [6.07, 6.45) is 2.23. The van der Waals surface area contributed by atoms with Crippen LogP contribution in [0.5, 0.6) is 0 Å². The van der Waals surface area contributed by atoms with Gasteiger partial charge in [0.2, 0.25) is 0 Å². The van der Waals surface area contributed by atoms with Gasteiger partial charge in [0, 0.05) is 5.92 Å². The predicted octanol–water partition coefficient (Wildman–Crippen LogP) is 3.64. The van der Waals surface area contributed by atoms with Gasteiger partial charge in [-0.2, -0.15) is 10.4 Å². The number of benzene rings is 1. The van der Waals surface area contributed by atoms with Crippen LogP contribution >= 0.6 is 11.6 Å². The first-order valence-electron chi connectivity index (χ1n) is 6.41. The van der Waals surface area contributed by atoms with Gasteiger partial charge in [-0.3, -0.25) is 0 Å². The number of aromatic nitrogens is 2. The molecule has 0 unspecified atom stereocenters. The fourth-order valence-corrected chi connectivity index (χ4v) is 2.49. The molecule has 1 fully saturated rings. The van der Waals surface area contributed by atoms with Crippen LogP contribution in [0.1, 0.15) is 41.1 Å². The first-order chi connectivity index (χ1) is 9.20. The van der Waals surface area contributed by atoms with Crippen LogP contribution in [0.3, 0.4) is 0 Å². The van der Waals surface area contributed by atoms with Crippen LogP contribution in [0.15, 0.2) is 24.3 Å². The van der Waals surface area contributed by atoms with E-state index in [0.717, 1.165) is 18.5 Å². The largest absolute Gasteiger partial charge is 0.248 e. The van der Waals surface area contributed by atoms with Crippen LogP contribution in [0.4, 0.5) is 0 Å². The monoisotopic (exact) mass is 271 g/mol. The lowest BCUT2D eigenvalue weighted by Gasteiger charge is -2.06. The van der Waals surface area contributed by atoms with E-state index in [1.165, 1.54) is 11.1 Å². The Morgan fingerprint density at radius 3 is 2.79 bits per heavy atom. The maximum atomic E-state index is 9.22. The molecule has 0 N–H and O–H groups in total. The maximum Gasteiger partial charge on any atom is 0.145 e. The van der Waals surface area contributed by atoms with Crippen LogP contribution in [-0.2, 0) is 6.54 Å². The van der Waals surface area contributed by atoms with Gasteiger partial charge in [0.05, 0.1) is 12.2 Å². The molecular formula is C15H14ClN3. The molecule has 0 aliphatic heterocycles. The lowest BCUT2D eigenvalue weighted by atomic mass is 10.1. The fraction of sp³-hybridized carbons (Fsp3) is 0.333. The van der Waals surface area contributed by atoms with Crippen LogP contribution in [0.25, 0.3) is 0 Å². The van der Waals surface area contributed by atoms with Crippen LogP contribution < -0.4 is 0 Å². The van der Waals surface area contributed by atoms with E-state index in [4.69, 9.17) is 11.6 Å². The van der Waals surface area contributed by atoms with E-state index in [-0.39, 0.29) is 0 Å². The molecule has 1 aliphatic carbocycles. The number of halogens is 1. The summed E-state index contributed by atoms with van der Waals surface area (Å²) in [5.41, 5.74) is 3.82. The van der Waals surface area contributed by atoms with Gasteiger partial charge >= 0.3 is 0 Å². The summed E-state index contributed by atoms with van der Waals surface area (Å²) in [7, 11) is 0. The second-order valence-electron chi connectivity index (χ2n) is 5.02. The zero-order chi connectivity index (χ0) is 13.4. The third-order valence-electron chi connectivity index (χ3n) is 3.57. The third-order valence-corrected chi connectivity index (χ3v) is 3.96. The molecule has 4 heteroatoms. The quantitative estimate of drug-likeness (QED) is 0.855. The third kappa shape index (κ3) is 2.24. The highest BCUT2D eigenvalue weighted by Crippen LogP contribution is 2.42. The summed E-state index contributed by atoms with van der Waals surface area (Å²) in [6, 6.07) is 10.3. The average molecular weight is 272 g/mol. The van der Waals surface area contributed by atoms with E-state index >= 15 is 0 Å². The van der Waals surface area contributed by atoms with Crippen LogP contribution in [-0.4, -0.2) is 9.78 Å². The number of hydrogen-bond donors (Lipinski definition) is 0. The minimum Gasteiger partial charge on any atom is -0.248 e. The van der Waals surface area contributed by atoms with Crippen molar-refractivity contribution >= 4 is 11.6 Å². The molecule has 2 aromatic rings. The van der Waals surface area contributed by atoms with Crippen LogP contribution in [0, 0.1) is 18.3 Å². The Labute approximate surface area is 117 Å². The van der Waals surface area contributed by atoms with Gasteiger partial charge in [0.15, 0.2) is 0 Å². The molecule has 0 bridgehead atoms. The molecule has 0 atom stereocenters. The van der Waals surface area contributed by atoms with E-state index in [0.29, 0.717) is 23.2 Å². The number of nitrogens with zero attached hydrogens (tertiary/aromatic N) is 3. The summed E-state index contributed by atoms with van der Waals surface area (Å²) in [4.78, 5) is 0. The SMILES string of the molecule is Cc1ccccc1Cn1nc(C2CC2)c(C#N)c1Cl. The standard InChI is InChI=1S/C15H14ClN3/c1-10-4-2-3-5-12(10)9-19-15(16)13(8-17)14(18-19)11-6-7-11/h2-5,11H,6-7,9H2,1H3. The Bertz CT molecular complexity index is 663. The predicted molar refractivity (Wildman–Crippen MR) is 74.2 cm³/mol. The molecule has 19 heavy (non-hydrogen) atoms. The highest BCUT2D eigenvalue weighted by molar-refractivity contribution is 6.30. The van der Waals surface area contributed by atoms with Gasteiger partial charge in [-0.15, -0.1) is 0 Å². The molecule has 1 saturated carbocycles. The van der Waals surface area contributed by atoms with E-state index in [2.05, 4.69) is 30.2 Å². The normalized spacial score (nSPS) is 14.4. The van der Waals surface area contributed by atoms with Crippen molar-refractivity contribution in [2.24, 2.45) is 0 Å². The number of hydrogen-bond acceptors (Lipinski definition) is 2. The summed E-state index contributed by atoms with van der Waals surface area (Å²) < 4.78 is 1.75. The smallest absolute Gasteiger partial charge is 0.145 e. The molecule has 3 rings (SSSR count). The maximum absolute atomic E-state index is 9.22. The van der Waals surface area contributed by atoms with E-state index in [1.54, 1.807) is 4.68 Å². The van der Waals surface area contributed by atoms with Crippen molar-refractivity contribution < 1.29 is 0 Å².